The Balaban J connectivity index is 2.98. The van der Waals surface area contributed by atoms with Crippen LogP contribution in [0.25, 0.3) is 0 Å². The summed E-state index contributed by atoms with van der Waals surface area (Å²) in [4.78, 5) is 22.7. The molecule has 1 rings (SSSR count). The minimum Gasteiger partial charge on any atom is -0.469 e. The Morgan fingerprint density at radius 3 is 2.62 bits per heavy atom. The summed E-state index contributed by atoms with van der Waals surface area (Å²) in [5.74, 6) is -0.254. The summed E-state index contributed by atoms with van der Waals surface area (Å²) in [6.07, 6.45) is 0.633. The van der Waals surface area contributed by atoms with Gasteiger partial charge >= 0.3 is 5.97 Å². The molecule has 86 valence electrons. The third-order valence-electron chi connectivity index (χ3n) is 2.23. The van der Waals surface area contributed by atoms with Gasteiger partial charge in [-0.05, 0) is 17.7 Å². The van der Waals surface area contributed by atoms with Crippen molar-refractivity contribution in [3.63, 3.8) is 0 Å². The third kappa shape index (κ3) is 3.17. The third-order valence-corrected chi connectivity index (χ3v) is 2.92. The van der Waals surface area contributed by atoms with Gasteiger partial charge in [-0.2, -0.15) is 0 Å². The van der Waals surface area contributed by atoms with Gasteiger partial charge in [0.1, 0.15) is 0 Å². The molecule has 0 unspecified atom stereocenters. The second kappa shape index (κ2) is 5.80. The van der Waals surface area contributed by atoms with Crippen LogP contribution in [0.1, 0.15) is 29.3 Å². The van der Waals surface area contributed by atoms with E-state index >= 15 is 0 Å². The number of ketones is 1. The molecule has 0 saturated heterocycles. The molecular weight excluding hydrogens is 272 g/mol. The first-order valence-corrected chi connectivity index (χ1v) is 5.76. The Hall–Kier alpha value is -1.16. The van der Waals surface area contributed by atoms with E-state index in [9.17, 15) is 9.59 Å². The van der Waals surface area contributed by atoms with Crippen LogP contribution in [-0.4, -0.2) is 18.9 Å². The van der Waals surface area contributed by atoms with Crippen molar-refractivity contribution in [2.45, 2.75) is 19.8 Å². The van der Waals surface area contributed by atoms with Crippen LogP contribution in [0, 0.1) is 0 Å². The van der Waals surface area contributed by atoms with E-state index in [-0.39, 0.29) is 18.2 Å². The maximum absolute atomic E-state index is 11.6. The lowest BCUT2D eigenvalue weighted by Crippen LogP contribution is -2.06. The monoisotopic (exact) mass is 284 g/mol. The van der Waals surface area contributed by atoms with Gasteiger partial charge < -0.3 is 4.74 Å². The predicted molar refractivity (Wildman–Crippen MR) is 64.5 cm³/mol. The Kier molecular flexibility index (Phi) is 4.68. The van der Waals surface area contributed by atoms with Crippen molar-refractivity contribution in [2.75, 3.05) is 7.11 Å². The number of carbonyl (C=O) groups is 2. The maximum atomic E-state index is 11.6. The van der Waals surface area contributed by atoms with E-state index in [1.807, 2.05) is 6.92 Å². The van der Waals surface area contributed by atoms with Crippen molar-refractivity contribution in [1.29, 1.82) is 0 Å². The largest absolute Gasteiger partial charge is 0.469 e. The van der Waals surface area contributed by atoms with Crippen molar-refractivity contribution < 1.29 is 14.3 Å². The number of esters is 1. The zero-order valence-corrected chi connectivity index (χ0v) is 10.8. The van der Waals surface area contributed by atoms with Gasteiger partial charge in [-0.3, -0.25) is 9.59 Å². The Morgan fingerprint density at radius 1 is 1.38 bits per heavy atom. The number of halogens is 1. The van der Waals surface area contributed by atoms with Gasteiger partial charge in [0.25, 0.3) is 0 Å². The highest BCUT2D eigenvalue weighted by molar-refractivity contribution is 9.10. The highest BCUT2D eigenvalue weighted by Gasteiger charge is 2.10. The number of benzene rings is 1. The number of hydrogen-bond acceptors (Lipinski definition) is 3. The summed E-state index contributed by atoms with van der Waals surface area (Å²) in [5.41, 5.74) is 1.40. The minimum atomic E-state index is -0.308. The summed E-state index contributed by atoms with van der Waals surface area (Å²) in [5, 5.41) is 0. The molecule has 0 fully saturated rings. The lowest BCUT2D eigenvalue weighted by molar-refractivity contribution is -0.139. The molecule has 16 heavy (non-hydrogen) atoms. The van der Waals surface area contributed by atoms with Crippen LogP contribution in [0.3, 0.4) is 0 Å². The molecule has 0 spiro atoms. The topological polar surface area (TPSA) is 43.4 Å². The average molecular weight is 285 g/mol. The molecule has 0 aliphatic carbocycles. The molecular formula is C12H13BrO3. The molecule has 0 heterocycles. The van der Waals surface area contributed by atoms with E-state index in [0.717, 1.165) is 10.0 Å². The van der Waals surface area contributed by atoms with Crippen molar-refractivity contribution in [2.24, 2.45) is 0 Å². The molecule has 3 nitrogen and oxygen atoms in total. The zero-order chi connectivity index (χ0) is 12.1. The van der Waals surface area contributed by atoms with Crippen LogP contribution in [0.2, 0.25) is 0 Å². The number of carbonyl (C=O) groups excluding carboxylic acids is 2. The molecule has 0 aromatic heterocycles. The van der Waals surface area contributed by atoms with Gasteiger partial charge in [0, 0.05) is 16.5 Å². The normalized spacial score (nSPS) is 9.94. The SMILES string of the molecule is CCC(=O)c1cc(CC(=O)OC)ccc1Br. The van der Waals surface area contributed by atoms with Crippen molar-refractivity contribution in [3.05, 3.63) is 33.8 Å². The van der Waals surface area contributed by atoms with Gasteiger partial charge in [0.2, 0.25) is 0 Å². The summed E-state index contributed by atoms with van der Waals surface area (Å²) in [6, 6.07) is 5.31. The van der Waals surface area contributed by atoms with E-state index in [2.05, 4.69) is 20.7 Å². The number of Topliss-reactive ketones (excluding diaryl/α,β-unsaturated/α-hetero) is 1. The van der Waals surface area contributed by atoms with Gasteiger partial charge in [-0.15, -0.1) is 0 Å². The lowest BCUT2D eigenvalue weighted by Gasteiger charge is -2.05. The van der Waals surface area contributed by atoms with Gasteiger partial charge in [-0.1, -0.05) is 28.9 Å². The Bertz CT molecular complexity index is 413. The fourth-order valence-electron chi connectivity index (χ4n) is 1.33. The smallest absolute Gasteiger partial charge is 0.309 e. The molecule has 1 aromatic rings. The van der Waals surface area contributed by atoms with Crippen LogP contribution in [0.15, 0.2) is 22.7 Å². The Labute approximate surface area is 103 Å². The minimum absolute atomic E-state index is 0.0543. The highest BCUT2D eigenvalue weighted by atomic mass is 79.9. The van der Waals surface area contributed by atoms with Crippen LogP contribution in [0.4, 0.5) is 0 Å². The molecule has 0 amide bonds. The second-order valence-electron chi connectivity index (χ2n) is 3.34. The predicted octanol–water partition coefficient (Wildman–Crippen LogP) is 2.76. The van der Waals surface area contributed by atoms with Crippen LogP contribution in [-0.2, 0) is 16.0 Å². The van der Waals surface area contributed by atoms with Crippen molar-refractivity contribution >= 4 is 27.7 Å². The average Bonchev–Trinajstić information content (AvgIpc) is 2.30. The van der Waals surface area contributed by atoms with Crippen molar-refractivity contribution in [1.82, 2.24) is 0 Å². The highest BCUT2D eigenvalue weighted by Crippen LogP contribution is 2.20. The fourth-order valence-corrected chi connectivity index (χ4v) is 1.79. The summed E-state index contributed by atoms with van der Waals surface area (Å²) in [6.45, 7) is 1.81. The van der Waals surface area contributed by atoms with E-state index < -0.39 is 0 Å². The van der Waals surface area contributed by atoms with E-state index in [1.165, 1.54) is 7.11 Å². The summed E-state index contributed by atoms with van der Waals surface area (Å²) in [7, 11) is 1.35. The van der Waals surface area contributed by atoms with E-state index in [1.54, 1.807) is 18.2 Å². The molecule has 0 saturated carbocycles. The first kappa shape index (κ1) is 12.9. The maximum Gasteiger partial charge on any atom is 0.309 e. The summed E-state index contributed by atoms with van der Waals surface area (Å²) < 4.78 is 5.33. The number of rotatable bonds is 4. The first-order valence-electron chi connectivity index (χ1n) is 4.97. The van der Waals surface area contributed by atoms with Gasteiger partial charge in [0.05, 0.1) is 13.5 Å². The lowest BCUT2D eigenvalue weighted by atomic mass is 10.0. The molecule has 4 heteroatoms. The molecule has 0 atom stereocenters. The van der Waals surface area contributed by atoms with Crippen LogP contribution >= 0.6 is 15.9 Å². The standard InChI is InChI=1S/C12H13BrO3/c1-3-11(14)9-6-8(4-5-10(9)13)7-12(15)16-2/h4-6H,3,7H2,1-2H3. The zero-order valence-electron chi connectivity index (χ0n) is 9.25. The number of ether oxygens (including phenoxy) is 1. The number of methoxy groups -OCH3 is 1. The quantitative estimate of drug-likeness (QED) is 0.631. The van der Waals surface area contributed by atoms with Crippen LogP contribution in [0.5, 0.6) is 0 Å². The van der Waals surface area contributed by atoms with Gasteiger partial charge in [0.15, 0.2) is 5.78 Å². The molecule has 0 N–H and O–H groups in total. The van der Waals surface area contributed by atoms with E-state index in [0.29, 0.717) is 12.0 Å². The summed E-state index contributed by atoms with van der Waals surface area (Å²) >= 11 is 3.32. The Morgan fingerprint density at radius 2 is 2.06 bits per heavy atom. The molecule has 0 radical (unpaired) electrons. The molecule has 0 aliphatic heterocycles. The van der Waals surface area contributed by atoms with Crippen molar-refractivity contribution in [3.8, 4) is 0 Å². The molecule has 1 aromatic carbocycles. The second-order valence-corrected chi connectivity index (χ2v) is 4.20. The van der Waals surface area contributed by atoms with Crippen LogP contribution < -0.4 is 0 Å². The molecule has 0 aliphatic rings. The fraction of sp³-hybridized carbons (Fsp3) is 0.333. The van der Waals surface area contributed by atoms with E-state index in [4.69, 9.17) is 0 Å². The first-order chi connectivity index (χ1) is 7.58. The van der Waals surface area contributed by atoms with Gasteiger partial charge in [-0.25, -0.2) is 0 Å². The molecule has 0 bridgehead atoms. The number of hydrogen-bond donors (Lipinski definition) is 0.